The Morgan fingerprint density at radius 3 is 2.17 bits per heavy atom. The van der Waals surface area contributed by atoms with Gasteiger partial charge in [0.1, 0.15) is 11.5 Å². The maximum Gasteiger partial charge on any atom is 0.164 e. The van der Waals surface area contributed by atoms with Gasteiger partial charge in [-0.3, -0.25) is 4.79 Å². The molecule has 0 N–H and O–H groups in total. The van der Waals surface area contributed by atoms with E-state index in [-0.39, 0.29) is 5.78 Å². The highest BCUT2D eigenvalue weighted by atomic mass is 35.5. The molecule has 0 radical (unpaired) electrons. The van der Waals surface area contributed by atoms with Gasteiger partial charge in [-0.25, -0.2) is 0 Å². The molecule has 0 spiro atoms. The van der Waals surface area contributed by atoms with Crippen molar-refractivity contribution in [1.82, 2.24) is 0 Å². The molecule has 2 aromatic rings. The minimum absolute atomic E-state index is 0.0521. The lowest BCUT2D eigenvalue weighted by Gasteiger charge is -2.06. The van der Waals surface area contributed by atoms with Crippen molar-refractivity contribution in [2.45, 2.75) is 6.42 Å². The second-order valence-electron chi connectivity index (χ2n) is 3.80. The fraction of sp³-hybridized carbons (Fsp3) is 0.133. The molecular formula is C15H13ClO2. The summed E-state index contributed by atoms with van der Waals surface area (Å²) in [7, 11) is 0. The fourth-order valence-electron chi connectivity index (χ4n) is 1.56. The van der Waals surface area contributed by atoms with Gasteiger partial charge in [0.05, 0.1) is 0 Å². The summed E-state index contributed by atoms with van der Waals surface area (Å²) >= 11 is 5.54. The Balaban J connectivity index is 2.06. The summed E-state index contributed by atoms with van der Waals surface area (Å²) < 4.78 is 5.64. The third kappa shape index (κ3) is 3.34. The lowest BCUT2D eigenvalue weighted by atomic mass is 10.1. The van der Waals surface area contributed by atoms with Gasteiger partial charge in [0.2, 0.25) is 0 Å². The number of hydrogen-bond donors (Lipinski definition) is 0. The number of para-hydroxylation sites is 1. The Morgan fingerprint density at radius 1 is 0.944 bits per heavy atom. The second-order valence-corrected chi connectivity index (χ2v) is 4.18. The summed E-state index contributed by atoms with van der Waals surface area (Å²) in [6.07, 6.45) is 0.362. The van der Waals surface area contributed by atoms with E-state index in [1.807, 2.05) is 30.3 Å². The van der Waals surface area contributed by atoms with E-state index in [9.17, 15) is 4.79 Å². The van der Waals surface area contributed by atoms with E-state index >= 15 is 0 Å². The number of Topliss-reactive ketones (excluding diaryl/α,β-unsaturated/α-hetero) is 1. The molecule has 3 heteroatoms. The van der Waals surface area contributed by atoms with Gasteiger partial charge in [-0.1, -0.05) is 18.2 Å². The van der Waals surface area contributed by atoms with Crippen LogP contribution >= 0.6 is 11.6 Å². The SMILES string of the molecule is O=C(CCCl)c1ccc(Oc2ccccc2)cc1. The average molecular weight is 261 g/mol. The van der Waals surface area contributed by atoms with Gasteiger partial charge in [-0.15, -0.1) is 11.6 Å². The molecule has 2 rings (SSSR count). The summed E-state index contributed by atoms with van der Waals surface area (Å²) in [5, 5.41) is 0. The third-order valence-electron chi connectivity index (χ3n) is 2.48. The molecule has 2 nitrogen and oxygen atoms in total. The topological polar surface area (TPSA) is 26.3 Å². The van der Waals surface area contributed by atoms with Crippen LogP contribution < -0.4 is 4.74 Å². The standard InChI is InChI=1S/C15H13ClO2/c16-11-10-15(17)12-6-8-14(9-7-12)18-13-4-2-1-3-5-13/h1-9H,10-11H2. The smallest absolute Gasteiger partial charge is 0.164 e. The van der Waals surface area contributed by atoms with E-state index in [0.29, 0.717) is 23.6 Å². The van der Waals surface area contributed by atoms with Gasteiger partial charge in [0.25, 0.3) is 0 Å². The van der Waals surface area contributed by atoms with Gasteiger partial charge < -0.3 is 4.74 Å². The molecule has 0 saturated heterocycles. The highest BCUT2D eigenvalue weighted by Crippen LogP contribution is 2.21. The number of hydrogen-bond acceptors (Lipinski definition) is 2. The highest BCUT2D eigenvalue weighted by Gasteiger charge is 2.05. The van der Waals surface area contributed by atoms with Crippen molar-refractivity contribution < 1.29 is 9.53 Å². The van der Waals surface area contributed by atoms with Crippen LogP contribution in [0.5, 0.6) is 11.5 Å². The van der Waals surface area contributed by atoms with Crippen LogP contribution in [0.3, 0.4) is 0 Å². The Morgan fingerprint density at radius 2 is 1.56 bits per heavy atom. The van der Waals surface area contributed by atoms with Crippen molar-refractivity contribution in [2.75, 3.05) is 5.88 Å². The zero-order valence-corrected chi connectivity index (χ0v) is 10.6. The molecule has 92 valence electrons. The number of ether oxygens (including phenoxy) is 1. The average Bonchev–Trinajstić information content (AvgIpc) is 2.41. The first-order valence-electron chi connectivity index (χ1n) is 5.72. The molecule has 2 aromatic carbocycles. The molecule has 18 heavy (non-hydrogen) atoms. The van der Waals surface area contributed by atoms with Gasteiger partial charge >= 0.3 is 0 Å². The summed E-state index contributed by atoms with van der Waals surface area (Å²) in [5.74, 6) is 1.89. The molecule has 0 atom stereocenters. The zero-order chi connectivity index (χ0) is 12.8. The first-order chi connectivity index (χ1) is 8.79. The van der Waals surface area contributed by atoms with E-state index < -0.39 is 0 Å². The summed E-state index contributed by atoms with van der Waals surface area (Å²) in [5.41, 5.74) is 0.663. The first-order valence-corrected chi connectivity index (χ1v) is 6.25. The number of ketones is 1. The molecule has 0 aliphatic carbocycles. The lowest BCUT2D eigenvalue weighted by Crippen LogP contribution is -1.99. The minimum Gasteiger partial charge on any atom is -0.457 e. The van der Waals surface area contributed by atoms with E-state index in [4.69, 9.17) is 16.3 Å². The van der Waals surface area contributed by atoms with Gasteiger partial charge in [0.15, 0.2) is 5.78 Å². The molecule has 0 bridgehead atoms. The Hall–Kier alpha value is -1.80. The van der Waals surface area contributed by atoms with Crippen LogP contribution in [0.2, 0.25) is 0 Å². The van der Waals surface area contributed by atoms with Crippen LogP contribution in [0, 0.1) is 0 Å². The van der Waals surface area contributed by atoms with Crippen molar-refractivity contribution in [1.29, 1.82) is 0 Å². The largest absolute Gasteiger partial charge is 0.457 e. The molecule has 0 fully saturated rings. The monoisotopic (exact) mass is 260 g/mol. The van der Waals surface area contributed by atoms with E-state index in [1.54, 1.807) is 24.3 Å². The van der Waals surface area contributed by atoms with Crippen molar-refractivity contribution >= 4 is 17.4 Å². The second kappa shape index (κ2) is 6.22. The predicted octanol–water partition coefficient (Wildman–Crippen LogP) is 4.29. The van der Waals surface area contributed by atoms with Crippen molar-refractivity contribution in [2.24, 2.45) is 0 Å². The predicted molar refractivity (Wildman–Crippen MR) is 72.6 cm³/mol. The number of rotatable bonds is 5. The molecule has 0 saturated carbocycles. The molecular weight excluding hydrogens is 248 g/mol. The van der Waals surface area contributed by atoms with E-state index in [1.165, 1.54) is 0 Å². The third-order valence-corrected chi connectivity index (χ3v) is 2.67. The Kier molecular flexibility index (Phi) is 4.37. The number of carbonyl (C=O) groups is 1. The van der Waals surface area contributed by atoms with Crippen LogP contribution in [-0.2, 0) is 0 Å². The van der Waals surface area contributed by atoms with Crippen LogP contribution in [0.25, 0.3) is 0 Å². The lowest BCUT2D eigenvalue weighted by molar-refractivity contribution is 0.0989. The number of halogens is 1. The van der Waals surface area contributed by atoms with Crippen molar-refractivity contribution in [3.8, 4) is 11.5 Å². The fourth-order valence-corrected chi connectivity index (χ4v) is 1.74. The summed E-state index contributed by atoms with van der Waals surface area (Å²) in [6.45, 7) is 0. The quantitative estimate of drug-likeness (QED) is 0.592. The summed E-state index contributed by atoms with van der Waals surface area (Å²) in [4.78, 5) is 11.6. The maximum atomic E-state index is 11.6. The molecule has 0 aliphatic rings. The van der Waals surface area contributed by atoms with Crippen LogP contribution in [0.4, 0.5) is 0 Å². The molecule has 0 aliphatic heterocycles. The van der Waals surface area contributed by atoms with E-state index in [0.717, 1.165) is 5.75 Å². The maximum absolute atomic E-state index is 11.6. The van der Waals surface area contributed by atoms with E-state index in [2.05, 4.69) is 0 Å². The Labute approximate surface area is 111 Å². The summed E-state index contributed by atoms with van der Waals surface area (Å²) in [6, 6.07) is 16.6. The molecule has 0 amide bonds. The normalized spacial score (nSPS) is 10.1. The van der Waals surface area contributed by atoms with Gasteiger partial charge in [-0.2, -0.15) is 0 Å². The van der Waals surface area contributed by atoms with Crippen molar-refractivity contribution in [3.63, 3.8) is 0 Å². The molecule has 0 aromatic heterocycles. The minimum atomic E-state index is 0.0521. The zero-order valence-electron chi connectivity index (χ0n) is 9.80. The number of benzene rings is 2. The molecule has 0 heterocycles. The number of carbonyl (C=O) groups excluding carboxylic acids is 1. The van der Waals surface area contributed by atoms with Gasteiger partial charge in [0, 0.05) is 17.9 Å². The first kappa shape index (κ1) is 12.7. The highest BCUT2D eigenvalue weighted by molar-refractivity contribution is 6.19. The van der Waals surface area contributed by atoms with Crippen molar-refractivity contribution in [3.05, 3.63) is 60.2 Å². The van der Waals surface area contributed by atoms with Crippen LogP contribution in [-0.4, -0.2) is 11.7 Å². The number of alkyl halides is 1. The van der Waals surface area contributed by atoms with Gasteiger partial charge in [-0.05, 0) is 36.4 Å². The van der Waals surface area contributed by atoms with Crippen LogP contribution in [0.15, 0.2) is 54.6 Å². The molecule has 0 unspecified atom stereocenters. The Bertz CT molecular complexity index is 506. The van der Waals surface area contributed by atoms with Crippen LogP contribution in [0.1, 0.15) is 16.8 Å².